The average Bonchev–Trinajstić information content (AvgIpc) is 2.92. The van der Waals surface area contributed by atoms with Gasteiger partial charge in [0.15, 0.2) is 11.4 Å². The van der Waals surface area contributed by atoms with E-state index in [9.17, 15) is 14.4 Å². The standard InChI is InChI=1S/C20H21ClO4.C13H16O4/c1-13(2)24-19(23)20(3,4)25-17-11-7-15(8-12-17)18(22)14-5-9-16(21)10-6-14;1-13(2)7-6-8-10(17-13)5-4-9(12(14)15)11(8)16-3/h5-13H,1-4H3;4-5H,6-7H2,1-3H3,(H,14,15). The van der Waals surface area contributed by atoms with Crippen LogP contribution in [0.1, 0.15) is 79.8 Å². The lowest BCUT2D eigenvalue weighted by Crippen LogP contribution is -2.40. The van der Waals surface area contributed by atoms with Gasteiger partial charge in [-0.15, -0.1) is 0 Å². The molecular weight excluding hydrogens is 560 g/mol. The van der Waals surface area contributed by atoms with Gasteiger partial charge in [-0.2, -0.15) is 0 Å². The van der Waals surface area contributed by atoms with Gasteiger partial charge in [-0.05, 0) is 115 Å². The van der Waals surface area contributed by atoms with Crippen LogP contribution >= 0.6 is 11.6 Å². The number of hydrogen-bond donors (Lipinski definition) is 1. The zero-order chi connectivity index (χ0) is 31.2. The molecule has 0 unspecified atom stereocenters. The van der Waals surface area contributed by atoms with Crippen LogP contribution in [0.25, 0.3) is 0 Å². The van der Waals surface area contributed by atoms with Gasteiger partial charge in [0.2, 0.25) is 0 Å². The number of halogens is 1. The average molecular weight is 597 g/mol. The molecule has 1 N–H and O–H groups in total. The first-order valence-electron chi connectivity index (χ1n) is 13.6. The van der Waals surface area contributed by atoms with Gasteiger partial charge in [0, 0.05) is 21.7 Å². The quantitative estimate of drug-likeness (QED) is 0.215. The first-order chi connectivity index (χ1) is 19.6. The number of aromatic carboxylic acids is 1. The Kier molecular flexibility index (Phi) is 10.3. The van der Waals surface area contributed by atoms with E-state index in [1.807, 2.05) is 13.8 Å². The Balaban J connectivity index is 0.000000247. The number of ether oxygens (including phenoxy) is 4. The Labute approximate surface area is 251 Å². The Morgan fingerprint density at radius 2 is 1.52 bits per heavy atom. The van der Waals surface area contributed by atoms with Crippen LogP contribution in [0.3, 0.4) is 0 Å². The highest BCUT2D eigenvalue weighted by molar-refractivity contribution is 6.30. The Hall–Kier alpha value is -4.04. The summed E-state index contributed by atoms with van der Waals surface area (Å²) in [4.78, 5) is 35.6. The Morgan fingerprint density at radius 3 is 2.05 bits per heavy atom. The van der Waals surface area contributed by atoms with Crippen molar-refractivity contribution in [2.24, 2.45) is 0 Å². The molecule has 3 aromatic carbocycles. The number of fused-ring (bicyclic) bond motifs is 1. The smallest absolute Gasteiger partial charge is 0.350 e. The fraction of sp³-hybridized carbons (Fsp3) is 0.364. The van der Waals surface area contributed by atoms with Crippen LogP contribution in [0.5, 0.6) is 17.2 Å². The van der Waals surface area contributed by atoms with Gasteiger partial charge < -0.3 is 24.1 Å². The van der Waals surface area contributed by atoms with Crippen LogP contribution in [0, 0.1) is 0 Å². The highest BCUT2D eigenvalue weighted by Crippen LogP contribution is 2.40. The highest BCUT2D eigenvalue weighted by atomic mass is 35.5. The van der Waals surface area contributed by atoms with Crippen molar-refractivity contribution in [3.63, 3.8) is 0 Å². The zero-order valence-electron chi connectivity index (χ0n) is 24.9. The van der Waals surface area contributed by atoms with E-state index in [1.54, 1.807) is 82.3 Å². The van der Waals surface area contributed by atoms with Crippen LogP contribution < -0.4 is 14.2 Å². The summed E-state index contributed by atoms with van der Waals surface area (Å²) in [7, 11) is 1.49. The summed E-state index contributed by atoms with van der Waals surface area (Å²) in [6.07, 6.45) is 1.40. The largest absolute Gasteiger partial charge is 0.495 e. The second-order valence-electron chi connectivity index (χ2n) is 11.2. The van der Waals surface area contributed by atoms with E-state index >= 15 is 0 Å². The van der Waals surface area contributed by atoms with Crippen LogP contribution in [0.15, 0.2) is 60.7 Å². The third-order valence-electron chi connectivity index (χ3n) is 6.45. The second-order valence-corrected chi connectivity index (χ2v) is 11.7. The van der Waals surface area contributed by atoms with Gasteiger partial charge >= 0.3 is 11.9 Å². The van der Waals surface area contributed by atoms with Crippen molar-refractivity contribution in [2.75, 3.05) is 7.11 Å². The molecule has 0 aromatic heterocycles. The van der Waals surface area contributed by atoms with E-state index < -0.39 is 17.5 Å². The molecule has 0 aliphatic carbocycles. The third kappa shape index (κ3) is 8.26. The first kappa shape index (κ1) is 32.5. The molecule has 1 aliphatic rings. The molecule has 0 saturated carbocycles. The van der Waals surface area contributed by atoms with E-state index in [4.69, 9.17) is 35.7 Å². The maximum Gasteiger partial charge on any atom is 0.350 e. The Bertz CT molecular complexity index is 1420. The maximum absolute atomic E-state index is 12.4. The lowest BCUT2D eigenvalue weighted by Gasteiger charge is -2.33. The van der Waals surface area contributed by atoms with Crippen molar-refractivity contribution in [1.82, 2.24) is 0 Å². The molecule has 224 valence electrons. The van der Waals surface area contributed by atoms with Gasteiger partial charge in [-0.3, -0.25) is 4.79 Å². The number of benzene rings is 3. The van der Waals surface area contributed by atoms with Crippen LogP contribution in [-0.2, 0) is 16.0 Å². The van der Waals surface area contributed by atoms with E-state index in [2.05, 4.69) is 0 Å². The molecule has 0 atom stereocenters. The summed E-state index contributed by atoms with van der Waals surface area (Å²) in [6.45, 7) is 10.9. The minimum Gasteiger partial charge on any atom is -0.495 e. The number of esters is 1. The van der Waals surface area contributed by atoms with Crippen molar-refractivity contribution < 1.29 is 38.4 Å². The molecule has 4 rings (SSSR count). The summed E-state index contributed by atoms with van der Waals surface area (Å²) in [5.74, 6) is 0.104. The molecule has 42 heavy (non-hydrogen) atoms. The van der Waals surface area contributed by atoms with Crippen LogP contribution in [-0.4, -0.2) is 47.2 Å². The van der Waals surface area contributed by atoms with Gasteiger partial charge in [-0.25, -0.2) is 9.59 Å². The number of carboxylic acid groups (broad SMARTS) is 1. The summed E-state index contributed by atoms with van der Waals surface area (Å²) >= 11 is 5.84. The fourth-order valence-corrected chi connectivity index (χ4v) is 4.38. The second kappa shape index (κ2) is 13.3. The van der Waals surface area contributed by atoms with E-state index in [0.717, 1.165) is 24.2 Å². The van der Waals surface area contributed by atoms with Crippen molar-refractivity contribution >= 4 is 29.3 Å². The predicted molar refractivity (Wildman–Crippen MR) is 160 cm³/mol. The lowest BCUT2D eigenvalue weighted by molar-refractivity contribution is -0.163. The molecule has 0 saturated heterocycles. The van der Waals surface area contributed by atoms with Crippen LogP contribution in [0.4, 0.5) is 0 Å². The van der Waals surface area contributed by atoms with Crippen LogP contribution in [0.2, 0.25) is 5.02 Å². The van der Waals surface area contributed by atoms with Gasteiger partial charge in [0.25, 0.3) is 0 Å². The number of carboxylic acids is 1. The van der Waals surface area contributed by atoms with Gasteiger partial charge in [-0.1, -0.05) is 11.6 Å². The maximum atomic E-state index is 12.4. The van der Waals surface area contributed by atoms with E-state index in [-0.39, 0.29) is 23.1 Å². The Morgan fingerprint density at radius 1 is 0.952 bits per heavy atom. The number of carbonyl (C=O) groups is 3. The molecule has 1 aliphatic heterocycles. The van der Waals surface area contributed by atoms with Crippen molar-refractivity contribution in [3.05, 3.63) is 87.9 Å². The van der Waals surface area contributed by atoms with E-state index in [1.165, 1.54) is 13.2 Å². The number of ketones is 1. The topological polar surface area (TPSA) is 108 Å². The molecule has 0 radical (unpaired) electrons. The highest BCUT2D eigenvalue weighted by Gasteiger charge is 2.33. The van der Waals surface area contributed by atoms with Gasteiger partial charge in [0.05, 0.1) is 13.2 Å². The molecule has 1 heterocycles. The predicted octanol–water partition coefficient (Wildman–Crippen LogP) is 7.18. The molecule has 0 spiro atoms. The molecule has 0 amide bonds. The normalized spacial score (nSPS) is 13.5. The molecule has 0 bridgehead atoms. The minimum atomic E-state index is -1.12. The SMILES string of the molecule is CC(C)OC(=O)C(C)(C)Oc1ccc(C(=O)c2ccc(Cl)cc2)cc1.COc1c(C(=O)O)ccc2c1CCC(C)(C)O2. The van der Waals surface area contributed by atoms with Gasteiger partial charge in [0.1, 0.15) is 28.4 Å². The number of methoxy groups -OCH3 is 1. The number of rotatable bonds is 8. The zero-order valence-corrected chi connectivity index (χ0v) is 25.7. The van der Waals surface area contributed by atoms with E-state index in [0.29, 0.717) is 27.6 Å². The molecular formula is C33H37ClO8. The summed E-state index contributed by atoms with van der Waals surface area (Å²) in [6, 6.07) is 16.6. The monoisotopic (exact) mass is 596 g/mol. The third-order valence-corrected chi connectivity index (χ3v) is 6.70. The lowest BCUT2D eigenvalue weighted by atomic mass is 9.92. The molecule has 0 fully saturated rings. The number of hydrogen-bond acceptors (Lipinski definition) is 7. The minimum absolute atomic E-state index is 0.110. The first-order valence-corrected chi connectivity index (χ1v) is 13.9. The van der Waals surface area contributed by atoms with Crippen molar-refractivity contribution in [2.45, 2.75) is 71.7 Å². The summed E-state index contributed by atoms with van der Waals surface area (Å²) in [5.41, 5.74) is 0.798. The molecule has 8 nitrogen and oxygen atoms in total. The number of carbonyl (C=O) groups excluding carboxylic acids is 2. The summed E-state index contributed by atoms with van der Waals surface area (Å²) < 4.78 is 21.9. The molecule has 3 aromatic rings. The summed E-state index contributed by atoms with van der Waals surface area (Å²) in [5, 5.41) is 9.66. The van der Waals surface area contributed by atoms with Crippen molar-refractivity contribution in [1.29, 1.82) is 0 Å². The molecule has 9 heteroatoms. The fourth-order valence-electron chi connectivity index (χ4n) is 4.25. The van der Waals surface area contributed by atoms with Crippen molar-refractivity contribution in [3.8, 4) is 17.2 Å².